The number of benzene rings is 2. The molecule has 0 bridgehead atoms. The van der Waals surface area contributed by atoms with Crippen LogP contribution in [-0.2, 0) is 15.9 Å². The molecule has 35 heavy (non-hydrogen) atoms. The molecule has 0 fully saturated rings. The molecule has 13 heteroatoms. The Morgan fingerprint density at radius 2 is 1.91 bits per heavy atom. The van der Waals surface area contributed by atoms with Crippen LogP contribution in [0.15, 0.2) is 47.0 Å². The Kier molecular flexibility index (Phi) is 8.54. The van der Waals surface area contributed by atoms with Crippen molar-refractivity contribution >= 4 is 33.5 Å². The summed E-state index contributed by atoms with van der Waals surface area (Å²) in [6, 6.07) is 8.63. The highest BCUT2D eigenvalue weighted by Gasteiger charge is 2.13. The number of carbonyl (C=O) groups is 1. The molecule has 1 aromatic heterocycles. The van der Waals surface area contributed by atoms with Crippen LogP contribution >= 0.6 is 11.6 Å². The van der Waals surface area contributed by atoms with Crippen LogP contribution in [0, 0.1) is 11.6 Å². The van der Waals surface area contributed by atoms with Gasteiger partial charge in [0.1, 0.15) is 11.4 Å². The first-order valence-electron chi connectivity index (χ1n) is 10.2. The fraction of sp³-hybridized carbons (Fsp3) is 0.227. The molecule has 3 rings (SSSR count). The quantitative estimate of drug-likeness (QED) is 0.134. The highest BCUT2D eigenvalue weighted by atomic mass is 35.5. The lowest BCUT2D eigenvalue weighted by molar-refractivity contribution is 0.206. The summed E-state index contributed by atoms with van der Waals surface area (Å²) in [7, 11) is -3.05. The highest BCUT2D eigenvalue weighted by molar-refractivity contribution is 7.98. The summed E-state index contributed by atoms with van der Waals surface area (Å²) in [6.45, 7) is 0.297. The molecule has 0 aliphatic carbocycles. The second kappa shape index (κ2) is 11.4. The number of nitrogens with two attached hydrogens (primary N) is 1. The minimum Gasteiger partial charge on any atom is -0.493 e. The van der Waals surface area contributed by atoms with E-state index in [4.69, 9.17) is 31.9 Å². The minimum atomic E-state index is -3.05. The van der Waals surface area contributed by atoms with E-state index in [1.165, 1.54) is 18.4 Å². The lowest BCUT2D eigenvalue weighted by Crippen LogP contribution is -2.13. The van der Waals surface area contributed by atoms with Crippen molar-refractivity contribution in [1.82, 2.24) is 9.97 Å². The van der Waals surface area contributed by atoms with Gasteiger partial charge in [-0.1, -0.05) is 10.1 Å². The third-order valence-electron chi connectivity index (χ3n) is 4.51. The van der Waals surface area contributed by atoms with Crippen molar-refractivity contribution in [2.45, 2.75) is 12.2 Å². The zero-order chi connectivity index (χ0) is 25.6. The molecule has 1 amide bonds. The molecule has 0 atom stereocenters. The predicted molar refractivity (Wildman–Crippen MR) is 130 cm³/mol. The van der Waals surface area contributed by atoms with Gasteiger partial charge in [0.25, 0.3) is 0 Å². The Balaban J connectivity index is 1.58. The van der Waals surface area contributed by atoms with Crippen LogP contribution in [0.5, 0.6) is 11.5 Å². The van der Waals surface area contributed by atoms with Crippen molar-refractivity contribution in [1.29, 1.82) is 0 Å². The van der Waals surface area contributed by atoms with Gasteiger partial charge in [-0.05, 0) is 53.8 Å². The van der Waals surface area contributed by atoms with Gasteiger partial charge in [-0.3, -0.25) is 0 Å². The first-order valence-corrected chi connectivity index (χ1v) is 12.9. The maximum absolute atomic E-state index is 14.2. The number of aromatic nitrogens is 2. The maximum Gasteiger partial charge on any atom is 0.437 e. The van der Waals surface area contributed by atoms with Crippen molar-refractivity contribution < 1.29 is 32.7 Å². The van der Waals surface area contributed by atoms with E-state index in [1.54, 1.807) is 18.2 Å². The molecular formula is C22H23ClF2N4O5S. The van der Waals surface area contributed by atoms with Gasteiger partial charge in [-0.25, -0.2) is 23.5 Å². The van der Waals surface area contributed by atoms with Gasteiger partial charge in [-0.15, -0.1) is 0 Å². The summed E-state index contributed by atoms with van der Waals surface area (Å²) in [6.07, 6.45) is 1.25. The summed E-state index contributed by atoms with van der Waals surface area (Å²) >= 11 is 5.72. The number of anilines is 1. The molecule has 3 aromatic rings. The SMILES string of the molecule is C[SH](O)(Cc1cc(N)cc(OCCCOc2cc(-c3nc(Cl)ncc3F)ccc2F)c1)=NC(=O)O. The topological polar surface area (TPSA) is 140 Å². The smallest absolute Gasteiger partial charge is 0.437 e. The van der Waals surface area contributed by atoms with E-state index in [9.17, 15) is 18.1 Å². The van der Waals surface area contributed by atoms with E-state index in [1.807, 2.05) is 0 Å². The minimum absolute atomic E-state index is 0.0254. The van der Waals surface area contributed by atoms with Crippen molar-refractivity contribution in [2.24, 2.45) is 4.36 Å². The molecule has 9 nitrogen and oxygen atoms in total. The van der Waals surface area contributed by atoms with Gasteiger partial charge in [0.2, 0.25) is 5.28 Å². The summed E-state index contributed by atoms with van der Waals surface area (Å²) in [5, 5.41) is 8.65. The standard InChI is InChI=1S/C22H23ClF2N4O5S/c1-35(32,29-22(30)31)12-13-7-15(26)10-16(8-13)33-5-2-6-34-19-9-14(3-4-17(19)24)20-18(25)11-27-21(23)28-20/h3-4,7-11,35H,2,5-6,12,26H2,1H3,(H,29,32)(H,30,31). The van der Waals surface area contributed by atoms with Gasteiger partial charge in [0, 0.05) is 29.5 Å². The number of rotatable bonds is 9. The molecule has 0 aliphatic rings. The molecule has 1 heterocycles. The lowest BCUT2D eigenvalue weighted by Gasteiger charge is -2.18. The molecule has 0 saturated heterocycles. The predicted octanol–water partition coefficient (Wildman–Crippen LogP) is 4.86. The number of thiol groups is 1. The fourth-order valence-corrected chi connectivity index (χ4v) is 4.61. The van der Waals surface area contributed by atoms with Crippen LogP contribution in [0.25, 0.3) is 11.3 Å². The number of hydrogen-bond donors (Lipinski definition) is 4. The van der Waals surface area contributed by atoms with Gasteiger partial charge in [-0.2, -0.15) is 4.36 Å². The summed E-state index contributed by atoms with van der Waals surface area (Å²) in [5.41, 5.74) is 7.03. The van der Waals surface area contributed by atoms with Gasteiger partial charge >= 0.3 is 6.09 Å². The number of nitrogen functional groups attached to an aromatic ring is 1. The number of carboxylic acid groups (broad SMARTS) is 1. The molecule has 2 aromatic carbocycles. The van der Waals surface area contributed by atoms with Crippen molar-refractivity contribution in [3.8, 4) is 22.8 Å². The zero-order valence-electron chi connectivity index (χ0n) is 18.5. The van der Waals surface area contributed by atoms with E-state index in [0.717, 1.165) is 12.3 Å². The highest BCUT2D eigenvalue weighted by Crippen LogP contribution is 2.28. The zero-order valence-corrected chi connectivity index (χ0v) is 20.1. The van der Waals surface area contributed by atoms with Crippen molar-refractivity contribution in [3.05, 3.63) is 65.1 Å². The maximum atomic E-state index is 14.2. The molecule has 0 saturated carbocycles. The molecule has 0 aliphatic heterocycles. The third-order valence-corrected chi connectivity index (χ3v) is 6.25. The van der Waals surface area contributed by atoms with E-state index >= 15 is 0 Å². The Morgan fingerprint density at radius 3 is 2.66 bits per heavy atom. The Bertz CT molecular complexity index is 1290. The Labute approximate surface area is 205 Å². The molecule has 0 spiro atoms. The molecule has 0 unspecified atom stereocenters. The van der Waals surface area contributed by atoms with Crippen molar-refractivity contribution in [3.63, 3.8) is 0 Å². The van der Waals surface area contributed by atoms with Gasteiger partial charge in [0.05, 0.1) is 19.4 Å². The van der Waals surface area contributed by atoms with Crippen LogP contribution in [-0.4, -0.2) is 45.2 Å². The first-order chi connectivity index (χ1) is 16.5. The van der Waals surface area contributed by atoms with Crippen LogP contribution in [0.1, 0.15) is 12.0 Å². The monoisotopic (exact) mass is 528 g/mol. The van der Waals surface area contributed by atoms with Gasteiger partial charge < -0.3 is 24.9 Å². The average Bonchev–Trinajstić information content (AvgIpc) is 2.74. The summed E-state index contributed by atoms with van der Waals surface area (Å²) in [5.74, 6) is -0.978. The normalized spacial score (nSPS) is 11.7. The second-order valence-electron chi connectivity index (χ2n) is 7.57. The van der Waals surface area contributed by atoms with E-state index in [2.05, 4.69) is 14.3 Å². The largest absolute Gasteiger partial charge is 0.493 e. The lowest BCUT2D eigenvalue weighted by atomic mass is 10.1. The number of hydrogen-bond acceptors (Lipinski definition) is 6. The molecule has 188 valence electrons. The van der Waals surface area contributed by atoms with Crippen LogP contribution < -0.4 is 15.2 Å². The molecule has 4 N–H and O–H groups in total. The van der Waals surface area contributed by atoms with Crippen LogP contribution in [0.3, 0.4) is 0 Å². The number of halogens is 3. The second-order valence-corrected chi connectivity index (χ2v) is 10.6. The number of nitrogens with zero attached hydrogens (tertiary/aromatic N) is 3. The van der Waals surface area contributed by atoms with E-state index in [-0.39, 0.29) is 41.3 Å². The third kappa shape index (κ3) is 7.84. The summed E-state index contributed by atoms with van der Waals surface area (Å²) < 4.78 is 52.9. The molecule has 0 radical (unpaired) electrons. The Morgan fingerprint density at radius 1 is 1.17 bits per heavy atom. The van der Waals surface area contributed by atoms with E-state index in [0.29, 0.717) is 23.4 Å². The van der Waals surface area contributed by atoms with Gasteiger partial charge in [0.15, 0.2) is 17.4 Å². The van der Waals surface area contributed by atoms with E-state index < -0.39 is 27.8 Å². The number of amides is 1. The molecular weight excluding hydrogens is 506 g/mol. The fourth-order valence-electron chi connectivity index (χ4n) is 3.17. The van der Waals surface area contributed by atoms with Crippen LogP contribution in [0.4, 0.5) is 19.3 Å². The summed E-state index contributed by atoms with van der Waals surface area (Å²) in [4.78, 5) is 18.2. The first kappa shape index (κ1) is 26.3. The van der Waals surface area contributed by atoms with Crippen LogP contribution in [0.2, 0.25) is 5.28 Å². The Hall–Kier alpha value is -3.35. The van der Waals surface area contributed by atoms with Crippen molar-refractivity contribution in [2.75, 3.05) is 25.2 Å². The number of ether oxygens (including phenoxy) is 2. The average molecular weight is 529 g/mol.